The number of nitrogens with two attached hydrogens (primary N) is 1. The van der Waals surface area contributed by atoms with Crippen molar-refractivity contribution in [1.29, 1.82) is 0 Å². The molecule has 14 heavy (non-hydrogen) atoms. The van der Waals surface area contributed by atoms with Crippen LogP contribution in [0.3, 0.4) is 0 Å². The highest BCUT2D eigenvalue weighted by Crippen LogP contribution is 2.18. The maximum Gasteiger partial charge on any atom is 0.405 e. The molecule has 1 amide bonds. The molecule has 1 rings (SSSR count). The van der Waals surface area contributed by atoms with Crippen molar-refractivity contribution in [3.8, 4) is 0 Å². The first-order chi connectivity index (χ1) is 6.74. The number of azide groups is 1. The van der Waals surface area contributed by atoms with Crippen LogP contribution in [0, 0.1) is 0 Å². The van der Waals surface area contributed by atoms with Crippen molar-refractivity contribution < 1.29 is 9.53 Å². The van der Waals surface area contributed by atoms with Crippen LogP contribution in [-0.2, 0) is 4.74 Å². The molecular formula is C8H8N4O2. The Hall–Kier alpha value is -2.20. The topological polar surface area (TPSA) is 101 Å². The van der Waals surface area contributed by atoms with Gasteiger partial charge in [-0.1, -0.05) is 30.3 Å². The first-order valence-electron chi connectivity index (χ1n) is 3.79. The molecule has 1 aromatic rings. The van der Waals surface area contributed by atoms with Gasteiger partial charge in [-0.3, -0.25) is 0 Å². The molecule has 0 saturated carbocycles. The lowest BCUT2D eigenvalue weighted by Gasteiger charge is -2.10. The molecule has 0 bridgehead atoms. The van der Waals surface area contributed by atoms with Crippen LogP contribution in [-0.4, -0.2) is 6.09 Å². The third kappa shape index (κ3) is 2.69. The van der Waals surface area contributed by atoms with Crippen LogP contribution in [0.15, 0.2) is 35.4 Å². The van der Waals surface area contributed by atoms with E-state index in [1.54, 1.807) is 30.3 Å². The highest BCUT2D eigenvalue weighted by molar-refractivity contribution is 5.65. The van der Waals surface area contributed by atoms with Crippen molar-refractivity contribution in [1.82, 2.24) is 0 Å². The normalized spacial score (nSPS) is 11.1. The van der Waals surface area contributed by atoms with Crippen LogP contribution < -0.4 is 5.73 Å². The molecule has 1 atom stereocenters. The molecule has 1 aromatic carbocycles. The van der Waals surface area contributed by atoms with Gasteiger partial charge in [0.15, 0.2) is 0 Å². The summed E-state index contributed by atoms with van der Waals surface area (Å²) in [7, 11) is 0. The monoisotopic (exact) mass is 192 g/mol. The predicted molar refractivity (Wildman–Crippen MR) is 49.0 cm³/mol. The van der Waals surface area contributed by atoms with E-state index in [0.29, 0.717) is 5.56 Å². The zero-order valence-electron chi connectivity index (χ0n) is 7.20. The van der Waals surface area contributed by atoms with Gasteiger partial charge in [-0.05, 0) is 16.2 Å². The van der Waals surface area contributed by atoms with Gasteiger partial charge in [-0.2, -0.15) is 0 Å². The SMILES string of the molecule is [N-]=[N+]=NC(OC(N)=O)c1ccccc1. The van der Waals surface area contributed by atoms with E-state index < -0.39 is 12.3 Å². The second-order valence-electron chi connectivity index (χ2n) is 2.40. The third-order valence-electron chi connectivity index (χ3n) is 1.47. The molecule has 0 fully saturated rings. The number of carbonyl (C=O) groups excluding carboxylic acids is 1. The van der Waals surface area contributed by atoms with Gasteiger partial charge in [-0.15, -0.1) is 0 Å². The molecule has 0 saturated heterocycles. The zero-order valence-corrected chi connectivity index (χ0v) is 7.20. The predicted octanol–water partition coefficient (Wildman–Crippen LogP) is 2.09. The van der Waals surface area contributed by atoms with Crippen LogP contribution >= 0.6 is 0 Å². The van der Waals surface area contributed by atoms with Crippen molar-refractivity contribution in [2.45, 2.75) is 6.23 Å². The molecule has 0 aliphatic carbocycles. The first-order valence-corrected chi connectivity index (χ1v) is 3.79. The van der Waals surface area contributed by atoms with Gasteiger partial charge in [0, 0.05) is 4.91 Å². The largest absolute Gasteiger partial charge is 0.435 e. The van der Waals surface area contributed by atoms with Crippen LogP contribution in [0.1, 0.15) is 11.8 Å². The second kappa shape index (κ2) is 4.74. The number of hydrogen-bond donors (Lipinski definition) is 1. The quantitative estimate of drug-likeness (QED) is 0.450. The molecule has 0 spiro atoms. The molecule has 0 aromatic heterocycles. The summed E-state index contributed by atoms with van der Waals surface area (Å²) in [6.45, 7) is 0. The van der Waals surface area contributed by atoms with Crippen molar-refractivity contribution in [2.75, 3.05) is 0 Å². The summed E-state index contributed by atoms with van der Waals surface area (Å²) in [5, 5.41) is 3.29. The average molecular weight is 192 g/mol. The van der Waals surface area contributed by atoms with E-state index in [0.717, 1.165) is 0 Å². The Morgan fingerprint density at radius 3 is 2.64 bits per heavy atom. The molecule has 0 aliphatic rings. The lowest BCUT2D eigenvalue weighted by Crippen LogP contribution is -2.15. The van der Waals surface area contributed by atoms with E-state index in [2.05, 4.69) is 14.8 Å². The lowest BCUT2D eigenvalue weighted by atomic mass is 10.2. The van der Waals surface area contributed by atoms with Gasteiger partial charge in [-0.25, -0.2) is 4.79 Å². The van der Waals surface area contributed by atoms with E-state index in [-0.39, 0.29) is 0 Å². The first kappa shape index (κ1) is 9.88. The summed E-state index contributed by atoms with van der Waals surface area (Å²) in [5.74, 6) is 0. The maximum atomic E-state index is 10.5. The summed E-state index contributed by atoms with van der Waals surface area (Å²) in [6, 6.07) is 8.60. The number of nitrogens with zero attached hydrogens (tertiary/aromatic N) is 3. The van der Waals surface area contributed by atoms with E-state index in [1.807, 2.05) is 0 Å². The van der Waals surface area contributed by atoms with Gasteiger partial charge in [0.25, 0.3) is 0 Å². The van der Waals surface area contributed by atoms with Crippen LogP contribution in [0.4, 0.5) is 4.79 Å². The number of amides is 1. The van der Waals surface area contributed by atoms with E-state index in [1.165, 1.54) is 0 Å². The number of hydrogen-bond acceptors (Lipinski definition) is 3. The third-order valence-corrected chi connectivity index (χ3v) is 1.47. The van der Waals surface area contributed by atoms with Crippen LogP contribution in [0.2, 0.25) is 0 Å². The molecule has 6 heteroatoms. The van der Waals surface area contributed by atoms with Crippen molar-refractivity contribution >= 4 is 6.09 Å². The summed E-state index contributed by atoms with van der Waals surface area (Å²) in [5.41, 5.74) is 13.6. The standard InChI is InChI=1S/C8H8N4O2/c9-8(13)14-7(11-12-10)6-4-2-1-3-5-6/h1-5,7H,(H2,9,13). The Bertz CT molecular complexity index is 359. The Labute approximate surface area is 79.9 Å². The maximum absolute atomic E-state index is 10.5. The van der Waals surface area contributed by atoms with Gasteiger partial charge in [0.1, 0.15) is 0 Å². The molecule has 6 nitrogen and oxygen atoms in total. The molecule has 72 valence electrons. The van der Waals surface area contributed by atoms with Crippen LogP contribution in [0.25, 0.3) is 10.4 Å². The van der Waals surface area contributed by atoms with E-state index in [9.17, 15) is 4.79 Å². The molecule has 0 heterocycles. The van der Waals surface area contributed by atoms with E-state index >= 15 is 0 Å². The Morgan fingerprint density at radius 2 is 2.14 bits per heavy atom. The minimum atomic E-state index is -1.00. The van der Waals surface area contributed by atoms with Crippen molar-refractivity contribution in [2.24, 2.45) is 10.8 Å². The molecule has 0 radical (unpaired) electrons. The summed E-state index contributed by atoms with van der Waals surface area (Å²) >= 11 is 0. The summed E-state index contributed by atoms with van der Waals surface area (Å²) in [4.78, 5) is 13.0. The number of carbonyl (C=O) groups is 1. The number of ether oxygens (including phenoxy) is 1. The summed E-state index contributed by atoms with van der Waals surface area (Å²) in [6.07, 6.45) is -1.98. The fourth-order valence-corrected chi connectivity index (χ4v) is 0.933. The highest BCUT2D eigenvalue weighted by atomic mass is 16.6. The van der Waals surface area contributed by atoms with Gasteiger partial charge in [0.2, 0.25) is 6.23 Å². The molecule has 0 aliphatic heterocycles. The second-order valence-corrected chi connectivity index (χ2v) is 2.40. The van der Waals surface area contributed by atoms with Crippen molar-refractivity contribution in [3.63, 3.8) is 0 Å². The molecule has 1 unspecified atom stereocenters. The highest BCUT2D eigenvalue weighted by Gasteiger charge is 2.11. The fraction of sp³-hybridized carbons (Fsp3) is 0.125. The smallest absolute Gasteiger partial charge is 0.405 e. The number of benzene rings is 1. The summed E-state index contributed by atoms with van der Waals surface area (Å²) < 4.78 is 4.60. The van der Waals surface area contributed by atoms with Gasteiger partial charge in [0.05, 0.1) is 0 Å². The number of primary amides is 1. The van der Waals surface area contributed by atoms with Gasteiger partial charge < -0.3 is 10.5 Å². The van der Waals surface area contributed by atoms with Gasteiger partial charge >= 0.3 is 6.09 Å². The Balaban J connectivity index is 2.88. The van der Waals surface area contributed by atoms with Crippen LogP contribution in [0.5, 0.6) is 0 Å². The zero-order chi connectivity index (χ0) is 10.4. The minimum absolute atomic E-state index is 0.573. The Morgan fingerprint density at radius 1 is 1.50 bits per heavy atom. The lowest BCUT2D eigenvalue weighted by molar-refractivity contribution is 0.110. The van der Waals surface area contributed by atoms with Crippen molar-refractivity contribution in [3.05, 3.63) is 46.3 Å². The fourth-order valence-electron chi connectivity index (χ4n) is 0.933. The average Bonchev–Trinajstić information content (AvgIpc) is 2.18. The van der Waals surface area contributed by atoms with E-state index in [4.69, 9.17) is 11.3 Å². The molecular weight excluding hydrogens is 184 g/mol. The Kier molecular flexibility index (Phi) is 3.34. The number of rotatable bonds is 3. The minimum Gasteiger partial charge on any atom is -0.435 e. The molecule has 2 N–H and O–H groups in total.